The molecule has 0 spiro atoms. The van der Waals surface area contributed by atoms with Crippen molar-refractivity contribution in [2.24, 2.45) is 0 Å². The van der Waals surface area contributed by atoms with Crippen LogP contribution in [0.15, 0.2) is 21.9 Å². The summed E-state index contributed by atoms with van der Waals surface area (Å²) in [6.07, 6.45) is -7.62. The summed E-state index contributed by atoms with van der Waals surface area (Å²) in [6, 6.07) is -0.00527. The van der Waals surface area contributed by atoms with E-state index in [2.05, 4.69) is 5.32 Å². The second kappa shape index (κ2) is 20.5. The van der Waals surface area contributed by atoms with Crippen molar-refractivity contribution in [3.05, 3.63) is 39.7 Å². The number of hydrogen-bond acceptors (Lipinski definition) is 12. The summed E-state index contributed by atoms with van der Waals surface area (Å²) in [5, 5.41) is 68.3. The maximum absolute atomic E-state index is 11.4. The van der Waals surface area contributed by atoms with E-state index < -0.39 is 76.0 Å². The largest absolute Gasteiger partial charge is 0.563 e. The van der Waals surface area contributed by atoms with Gasteiger partial charge in [-0.2, -0.15) is 6.61 Å². The van der Waals surface area contributed by atoms with Gasteiger partial charge in [-0.15, -0.1) is 0 Å². The number of aliphatic hydroxyl groups is 7. The second-order valence-electron chi connectivity index (χ2n) is 7.33. The molecule has 2 fully saturated rings. The zero-order valence-electron chi connectivity index (χ0n) is 20.3. The number of carbonyl (C=O) groups excluding carboxylic acids is 1. The Labute approximate surface area is 260 Å². The number of nitrogens with one attached hydrogen (secondary N) is 2. The van der Waals surface area contributed by atoms with Crippen LogP contribution < -0.4 is 16.6 Å². The Balaban J connectivity index is -0.000000172. The molecule has 1 aromatic heterocycles. The van der Waals surface area contributed by atoms with E-state index in [0.717, 1.165) is 16.8 Å². The minimum Gasteiger partial charge on any atom is -0.563 e. The Bertz CT molecular complexity index is 936. The molecule has 228 valence electrons. The molecule has 0 aromatic carbocycles. The van der Waals surface area contributed by atoms with E-state index in [1.807, 2.05) is 4.98 Å². The van der Waals surface area contributed by atoms with Gasteiger partial charge in [-0.05, 0) is 6.10 Å². The summed E-state index contributed by atoms with van der Waals surface area (Å²) in [5.74, 6) is -0.448. The topological polar surface area (TPSA) is 402 Å². The Morgan fingerprint density at radius 2 is 1.64 bits per heavy atom. The van der Waals surface area contributed by atoms with Crippen LogP contribution in [-0.2, 0) is 14.3 Å². The van der Waals surface area contributed by atoms with Crippen LogP contribution in [0.4, 0.5) is 0 Å². The summed E-state index contributed by atoms with van der Waals surface area (Å²) >= 11 is 0.107. The molecule has 9 atom stereocenters. The Kier molecular flexibility index (Phi) is 25.4. The number of carbonyl (C=O) groups is 1. The van der Waals surface area contributed by atoms with Gasteiger partial charge in [-0.1, -0.05) is 0 Å². The third kappa shape index (κ3) is 11.8. The fraction of sp³-hybridized carbons (Fsp3) is 0.647. The van der Waals surface area contributed by atoms with Gasteiger partial charge in [0.1, 0.15) is 6.10 Å². The molecular weight excluding hydrogens is 956 g/mol. The van der Waals surface area contributed by atoms with E-state index >= 15 is 0 Å². The van der Waals surface area contributed by atoms with Crippen LogP contribution in [0.25, 0.3) is 0 Å². The number of H-pyrrole nitrogens is 1. The van der Waals surface area contributed by atoms with Crippen LogP contribution in [-0.4, -0.2) is 157 Å². The molecule has 19 N–H and O–H groups in total. The third-order valence-corrected chi connectivity index (χ3v) is 6.58. The predicted octanol–water partition coefficient (Wildman–Crippen LogP) is -10.0. The van der Waals surface area contributed by atoms with E-state index in [1.54, 1.807) is 0 Å². The van der Waals surface area contributed by atoms with Gasteiger partial charge in [0.05, 0.1) is 6.10 Å². The van der Waals surface area contributed by atoms with Crippen LogP contribution in [0.1, 0.15) is 13.2 Å². The minimum atomic E-state index is -1.71. The van der Waals surface area contributed by atoms with Gasteiger partial charge in [0.25, 0.3) is 5.56 Å². The Morgan fingerprint density at radius 3 is 2.05 bits per heavy atom. The molecule has 2 aliphatic rings. The van der Waals surface area contributed by atoms with Crippen LogP contribution in [0.5, 0.6) is 0 Å². The number of aliphatic hydroxyl groups excluding tert-OH is 6. The molecule has 3 rings (SSSR count). The normalized spacial score (nSPS) is 32.4. The maximum atomic E-state index is 11.4. The zero-order valence-corrected chi connectivity index (χ0v) is 28.9. The summed E-state index contributed by atoms with van der Waals surface area (Å²) in [4.78, 5) is 35.2. The molecule has 0 aliphatic carbocycles. The SMILES string of the molecule is CC(=O)N[C@@H]1[C@@H](O)[C@H](O)[C@@H](CO)O[C@@]1(O)[Pb].O.O.O.O.O.O=c1ccn([C@@H]2O[C@H]([CH-]O)[C@@H](O)[C@H]2O)c(=O)[nH]1.[Pa]. The molecule has 2 aliphatic heterocycles. The predicted molar refractivity (Wildman–Crippen MR) is 124 cm³/mol. The molecule has 0 bridgehead atoms. The van der Waals surface area contributed by atoms with Crippen molar-refractivity contribution in [1.82, 2.24) is 14.9 Å². The first-order valence-electron chi connectivity index (χ1n) is 9.54. The summed E-state index contributed by atoms with van der Waals surface area (Å²) < 4.78 is 9.36. The van der Waals surface area contributed by atoms with Crippen molar-refractivity contribution in [3.8, 4) is 0 Å². The van der Waals surface area contributed by atoms with Gasteiger partial charge >= 0.3 is 114 Å². The Morgan fingerprint density at radius 1 is 1.10 bits per heavy atom. The van der Waals surface area contributed by atoms with Crippen molar-refractivity contribution < 1.29 is 110 Å². The van der Waals surface area contributed by atoms with Crippen molar-refractivity contribution in [2.45, 2.75) is 59.2 Å². The zero-order chi connectivity index (χ0) is 25.1. The maximum Gasteiger partial charge on any atom is 0.330 e. The van der Waals surface area contributed by atoms with Crippen LogP contribution in [0.3, 0.4) is 0 Å². The number of aromatic nitrogens is 2. The number of ether oxygens (including phenoxy) is 2. The first kappa shape index (κ1) is 48.3. The van der Waals surface area contributed by atoms with Crippen molar-refractivity contribution >= 4 is 31.7 Å². The van der Waals surface area contributed by atoms with Gasteiger partial charge < -0.3 is 47.4 Å². The van der Waals surface area contributed by atoms with Gasteiger partial charge in [-0.25, -0.2) is 4.79 Å². The van der Waals surface area contributed by atoms with Crippen molar-refractivity contribution in [3.63, 3.8) is 0 Å². The first-order chi connectivity index (χ1) is 15.3. The molecule has 2 saturated heterocycles. The molecule has 22 heteroatoms. The standard InChI is InChI=1S/C9H11N2O6.C8H14NO6.5H2O.Pa.Pb/c12-3-4-6(14)7(15)8(17-4)11-2-1-5(13)10-9(11)16;1-3(11)9-5-7(13)6(12)4(2-10)15-8(5)14;;;;;;;/h1-4,6-8,12,14-15H,(H,10,13,16);4-7,10,12-14H,2H2,1H3,(H,9,11);5*1H2;;/q-1;;;;;;;;/t4-,6-,7-,8-;4-,5-,6-,7-;;;;;;;/m11......./s1. The Hall–Kier alpha value is -0.397. The fourth-order valence-electron chi connectivity index (χ4n) is 3.24. The first-order valence-corrected chi connectivity index (χ1v) is 11.5. The molecule has 3 heterocycles. The molecule has 39 heavy (non-hydrogen) atoms. The quantitative estimate of drug-likeness (QED) is 0.100. The summed E-state index contributed by atoms with van der Waals surface area (Å²) in [7, 11) is 0. The van der Waals surface area contributed by atoms with Gasteiger partial charge in [0, 0.05) is 44.6 Å². The average molecular weight is 992 g/mol. The van der Waals surface area contributed by atoms with E-state index in [0.29, 0.717) is 6.61 Å². The van der Waals surface area contributed by atoms with Gasteiger partial charge in [0.15, 0.2) is 6.23 Å². The molecule has 1 aromatic rings. The smallest absolute Gasteiger partial charge is 0.330 e. The van der Waals surface area contributed by atoms with Crippen molar-refractivity contribution in [1.29, 1.82) is 0 Å². The van der Waals surface area contributed by atoms with Crippen LogP contribution in [0.2, 0.25) is 0 Å². The van der Waals surface area contributed by atoms with Gasteiger partial charge in [0.2, 0.25) is 0 Å². The molecule has 20 nitrogen and oxygen atoms in total. The van der Waals surface area contributed by atoms with E-state index in [4.69, 9.17) is 19.7 Å². The molecule has 0 saturated carbocycles. The number of aromatic amines is 1. The summed E-state index contributed by atoms with van der Waals surface area (Å²) in [5.41, 5.74) is -1.35. The average Bonchev–Trinajstić information content (AvgIpc) is 3.02. The minimum absolute atomic E-state index is 0. The van der Waals surface area contributed by atoms with E-state index in [9.17, 15) is 39.9 Å². The van der Waals surface area contributed by atoms with Crippen LogP contribution >= 0.6 is 0 Å². The summed E-state index contributed by atoms with van der Waals surface area (Å²) in [6.45, 7) is 1.30. The number of rotatable bonds is 4. The second-order valence-corrected chi connectivity index (χ2v) is 10.1. The number of nitrogens with zero attached hydrogens (tertiary/aromatic N) is 1. The van der Waals surface area contributed by atoms with E-state index in [1.165, 1.54) is 6.92 Å². The third-order valence-electron chi connectivity index (χ3n) is 4.91. The number of hydrogen-bond donors (Lipinski definition) is 9. The molecule has 1 amide bonds. The molecule has 4 radical (unpaired) electrons. The number of amides is 1. The van der Waals surface area contributed by atoms with Gasteiger partial charge in [-0.3, -0.25) is 14.3 Å². The molecular formula is C17H35N3O17PaPb-. The molecule has 0 unspecified atom stereocenters. The van der Waals surface area contributed by atoms with Crippen molar-refractivity contribution in [2.75, 3.05) is 6.61 Å². The fourth-order valence-corrected chi connectivity index (χ4v) is 4.77. The van der Waals surface area contributed by atoms with Crippen LogP contribution in [0, 0.1) is 38.9 Å². The monoisotopic (exact) mass is 992 g/mol. The van der Waals surface area contributed by atoms with E-state index in [-0.39, 0.29) is 85.5 Å².